The molecule has 0 atom stereocenters. The normalized spacial score (nSPS) is 11.9. The average molecular weight is 188 g/mol. The van der Waals surface area contributed by atoms with E-state index in [1.807, 2.05) is 0 Å². The van der Waals surface area contributed by atoms with E-state index in [4.69, 9.17) is 9.47 Å². The molecule has 13 heavy (non-hydrogen) atoms. The minimum absolute atomic E-state index is 0.346. The standard InChI is InChI=1S/C9H16O4/c1-5-7(9(10)13-4)6-8(11-2)12-3/h5,8H,6H2,1-4H3/b7-5+. The van der Waals surface area contributed by atoms with Crippen LogP contribution >= 0.6 is 0 Å². The van der Waals surface area contributed by atoms with Gasteiger partial charge in [-0.15, -0.1) is 0 Å². The van der Waals surface area contributed by atoms with Crippen molar-refractivity contribution in [3.8, 4) is 0 Å². The highest BCUT2D eigenvalue weighted by molar-refractivity contribution is 5.88. The Hall–Kier alpha value is -0.870. The highest BCUT2D eigenvalue weighted by Gasteiger charge is 2.14. The molecule has 0 N–H and O–H groups in total. The number of rotatable bonds is 5. The van der Waals surface area contributed by atoms with Gasteiger partial charge in [-0.25, -0.2) is 4.79 Å². The molecule has 0 radical (unpaired) electrons. The summed E-state index contributed by atoms with van der Waals surface area (Å²) in [6.45, 7) is 1.77. The van der Waals surface area contributed by atoms with Crippen molar-refractivity contribution in [2.24, 2.45) is 0 Å². The van der Waals surface area contributed by atoms with Gasteiger partial charge in [-0.3, -0.25) is 0 Å². The minimum atomic E-state index is -0.398. The third-order valence-corrected chi connectivity index (χ3v) is 1.71. The Morgan fingerprint density at radius 3 is 2.15 bits per heavy atom. The summed E-state index contributed by atoms with van der Waals surface area (Å²) in [5.74, 6) is -0.346. The number of hydrogen-bond donors (Lipinski definition) is 0. The number of carbonyl (C=O) groups is 1. The summed E-state index contributed by atoms with van der Waals surface area (Å²) >= 11 is 0. The molecule has 4 heteroatoms. The van der Waals surface area contributed by atoms with Gasteiger partial charge in [-0.05, 0) is 6.92 Å². The Bertz CT molecular complexity index is 182. The van der Waals surface area contributed by atoms with Crippen molar-refractivity contribution < 1.29 is 19.0 Å². The van der Waals surface area contributed by atoms with Gasteiger partial charge in [0.2, 0.25) is 0 Å². The summed E-state index contributed by atoms with van der Waals surface area (Å²) in [5.41, 5.74) is 0.552. The number of carbonyl (C=O) groups excluding carboxylic acids is 1. The van der Waals surface area contributed by atoms with Gasteiger partial charge in [0.15, 0.2) is 6.29 Å². The molecular formula is C9H16O4. The van der Waals surface area contributed by atoms with Gasteiger partial charge in [0.1, 0.15) is 0 Å². The number of esters is 1. The molecule has 0 fully saturated rings. The first-order valence-corrected chi connectivity index (χ1v) is 3.98. The summed E-state index contributed by atoms with van der Waals surface area (Å²) in [6.07, 6.45) is 1.69. The number of ether oxygens (including phenoxy) is 3. The van der Waals surface area contributed by atoms with Crippen LogP contribution < -0.4 is 0 Å². The molecule has 76 valence electrons. The van der Waals surface area contributed by atoms with E-state index in [1.54, 1.807) is 13.0 Å². The van der Waals surface area contributed by atoms with Crippen LogP contribution in [0.5, 0.6) is 0 Å². The van der Waals surface area contributed by atoms with Crippen LogP contribution in [0.25, 0.3) is 0 Å². The summed E-state index contributed by atoms with van der Waals surface area (Å²) in [4.78, 5) is 11.1. The van der Waals surface area contributed by atoms with Crippen LogP contribution in [0.4, 0.5) is 0 Å². The lowest BCUT2D eigenvalue weighted by molar-refractivity contribution is -0.139. The van der Waals surface area contributed by atoms with Crippen LogP contribution in [0.1, 0.15) is 13.3 Å². The molecule has 0 heterocycles. The number of methoxy groups -OCH3 is 3. The Balaban J connectivity index is 4.20. The van der Waals surface area contributed by atoms with E-state index in [2.05, 4.69) is 4.74 Å². The molecule has 0 aliphatic rings. The van der Waals surface area contributed by atoms with Gasteiger partial charge in [-0.1, -0.05) is 6.08 Å². The lowest BCUT2D eigenvalue weighted by atomic mass is 10.2. The van der Waals surface area contributed by atoms with Crippen molar-refractivity contribution >= 4 is 5.97 Å². The molecule has 0 aliphatic heterocycles. The van der Waals surface area contributed by atoms with Crippen molar-refractivity contribution in [1.82, 2.24) is 0 Å². The maximum Gasteiger partial charge on any atom is 0.333 e. The second-order valence-electron chi connectivity index (χ2n) is 2.41. The van der Waals surface area contributed by atoms with E-state index in [1.165, 1.54) is 21.3 Å². The predicted molar refractivity (Wildman–Crippen MR) is 48.2 cm³/mol. The first-order valence-electron chi connectivity index (χ1n) is 3.98. The third kappa shape index (κ3) is 4.05. The summed E-state index contributed by atoms with van der Waals surface area (Å²) in [5, 5.41) is 0. The zero-order valence-electron chi connectivity index (χ0n) is 8.49. The average Bonchev–Trinajstić information content (AvgIpc) is 2.19. The molecule has 0 spiro atoms. The lowest BCUT2D eigenvalue weighted by Crippen LogP contribution is -2.17. The zero-order valence-corrected chi connectivity index (χ0v) is 8.49. The maximum absolute atomic E-state index is 11.1. The van der Waals surface area contributed by atoms with E-state index in [0.29, 0.717) is 12.0 Å². The maximum atomic E-state index is 11.1. The van der Waals surface area contributed by atoms with Crippen molar-refractivity contribution in [1.29, 1.82) is 0 Å². The van der Waals surface area contributed by atoms with Gasteiger partial charge in [0, 0.05) is 26.2 Å². The van der Waals surface area contributed by atoms with Gasteiger partial charge >= 0.3 is 5.97 Å². The highest BCUT2D eigenvalue weighted by atomic mass is 16.7. The fourth-order valence-electron chi connectivity index (χ4n) is 0.893. The van der Waals surface area contributed by atoms with Crippen LogP contribution in [-0.2, 0) is 19.0 Å². The van der Waals surface area contributed by atoms with E-state index >= 15 is 0 Å². The molecule has 0 bridgehead atoms. The van der Waals surface area contributed by atoms with E-state index in [-0.39, 0.29) is 5.97 Å². The van der Waals surface area contributed by atoms with Gasteiger partial charge in [-0.2, -0.15) is 0 Å². The number of hydrogen-bond acceptors (Lipinski definition) is 4. The molecule has 0 aromatic heterocycles. The Kier molecular flexibility index (Phi) is 6.18. The quantitative estimate of drug-likeness (QED) is 0.368. The van der Waals surface area contributed by atoms with Gasteiger partial charge < -0.3 is 14.2 Å². The zero-order chi connectivity index (χ0) is 10.3. The number of allylic oxidation sites excluding steroid dienone is 1. The van der Waals surface area contributed by atoms with Crippen LogP contribution in [0, 0.1) is 0 Å². The van der Waals surface area contributed by atoms with Crippen molar-refractivity contribution in [2.45, 2.75) is 19.6 Å². The molecule has 4 nitrogen and oxygen atoms in total. The first kappa shape index (κ1) is 12.1. The molecule has 0 rings (SSSR count). The largest absolute Gasteiger partial charge is 0.466 e. The van der Waals surface area contributed by atoms with Crippen LogP contribution in [0.2, 0.25) is 0 Å². The molecule has 0 saturated heterocycles. The van der Waals surface area contributed by atoms with Crippen LogP contribution in [0.15, 0.2) is 11.6 Å². The summed E-state index contributed by atoms with van der Waals surface area (Å²) in [7, 11) is 4.40. The predicted octanol–water partition coefficient (Wildman–Crippen LogP) is 1.11. The molecule has 0 aliphatic carbocycles. The molecular weight excluding hydrogens is 172 g/mol. The Morgan fingerprint density at radius 1 is 1.31 bits per heavy atom. The van der Waals surface area contributed by atoms with Crippen LogP contribution in [0.3, 0.4) is 0 Å². The minimum Gasteiger partial charge on any atom is -0.466 e. The lowest BCUT2D eigenvalue weighted by Gasteiger charge is -2.13. The summed E-state index contributed by atoms with van der Waals surface area (Å²) < 4.78 is 14.5. The topological polar surface area (TPSA) is 44.8 Å². The molecule has 0 unspecified atom stereocenters. The van der Waals surface area contributed by atoms with Crippen molar-refractivity contribution in [3.05, 3.63) is 11.6 Å². The molecule has 0 aromatic carbocycles. The first-order chi connectivity index (χ1) is 6.19. The van der Waals surface area contributed by atoms with E-state index in [0.717, 1.165) is 0 Å². The molecule has 0 amide bonds. The Morgan fingerprint density at radius 2 is 1.85 bits per heavy atom. The van der Waals surface area contributed by atoms with Crippen molar-refractivity contribution in [3.63, 3.8) is 0 Å². The van der Waals surface area contributed by atoms with E-state index in [9.17, 15) is 4.79 Å². The fraction of sp³-hybridized carbons (Fsp3) is 0.667. The van der Waals surface area contributed by atoms with Gasteiger partial charge in [0.25, 0.3) is 0 Å². The SMILES string of the molecule is C/C=C(\CC(OC)OC)C(=O)OC. The van der Waals surface area contributed by atoms with E-state index < -0.39 is 6.29 Å². The second kappa shape index (κ2) is 6.62. The smallest absolute Gasteiger partial charge is 0.333 e. The highest BCUT2D eigenvalue weighted by Crippen LogP contribution is 2.10. The second-order valence-corrected chi connectivity index (χ2v) is 2.41. The fourth-order valence-corrected chi connectivity index (χ4v) is 0.893. The molecule has 0 saturated carbocycles. The monoisotopic (exact) mass is 188 g/mol. The van der Waals surface area contributed by atoms with Crippen molar-refractivity contribution in [2.75, 3.05) is 21.3 Å². The Labute approximate surface area is 78.5 Å². The summed E-state index contributed by atoms with van der Waals surface area (Å²) in [6, 6.07) is 0. The third-order valence-electron chi connectivity index (χ3n) is 1.71. The molecule has 0 aromatic rings. The van der Waals surface area contributed by atoms with Crippen LogP contribution in [-0.4, -0.2) is 33.6 Å². The van der Waals surface area contributed by atoms with Gasteiger partial charge in [0.05, 0.1) is 7.11 Å².